The van der Waals surface area contributed by atoms with Gasteiger partial charge in [-0.2, -0.15) is 0 Å². The lowest BCUT2D eigenvalue weighted by Gasteiger charge is -2.27. The van der Waals surface area contributed by atoms with Crippen LogP contribution in [0.1, 0.15) is 23.7 Å². The molecule has 0 unspecified atom stereocenters. The van der Waals surface area contributed by atoms with E-state index in [1.54, 1.807) is 25.1 Å². The van der Waals surface area contributed by atoms with E-state index >= 15 is 0 Å². The Bertz CT molecular complexity index is 471. The lowest BCUT2D eigenvalue weighted by molar-refractivity contribution is 0.0828. The summed E-state index contributed by atoms with van der Waals surface area (Å²) in [4.78, 5) is 18.3. The van der Waals surface area contributed by atoms with Gasteiger partial charge in [-0.25, -0.2) is 0 Å². The fourth-order valence-electron chi connectivity index (χ4n) is 2.26. The van der Waals surface area contributed by atoms with Crippen LogP contribution in [-0.4, -0.2) is 63.5 Å². The van der Waals surface area contributed by atoms with Gasteiger partial charge in [0.15, 0.2) is 0 Å². The van der Waals surface area contributed by atoms with Crippen molar-refractivity contribution in [2.75, 3.05) is 58.5 Å². The molecule has 0 saturated heterocycles. The Morgan fingerprint density at radius 3 is 2.33 bits per heavy atom. The number of nitrogens with zero attached hydrogens (tertiary/aromatic N) is 3. The second kappa shape index (κ2) is 7.88. The van der Waals surface area contributed by atoms with Gasteiger partial charge in [-0.3, -0.25) is 4.79 Å². The zero-order valence-electron chi connectivity index (χ0n) is 13.9. The summed E-state index contributed by atoms with van der Waals surface area (Å²) < 4.78 is 0. The van der Waals surface area contributed by atoms with E-state index in [9.17, 15) is 4.79 Å². The molecule has 0 fully saturated rings. The number of hydrogen-bond acceptors (Lipinski definition) is 4. The number of amides is 1. The molecule has 0 radical (unpaired) electrons. The summed E-state index contributed by atoms with van der Waals surface area (Å²) in [5, 5.41) is 0. The predicted octanol–water partition coefficient (Wildman–Crippen LogP) is 1.75. The van der Waals surface area contributed by atoms with Crippen molar-refractivity contribution < 1.29 is 4.79 Å². The van der Waals surface area contributed by atoms with Gasteiger partial charge in [0.2, 0.25) is 0 Å². The summed E-state index contributed by atoms with van der Waals surface area (Å²) in [6.45, 7) is 4.88. The minimum atomic E-state index is 0.0102. The van der Waals surface area contributed by atoms with Gasteiger partial charge in [-0.15, -0.1) is 0 Å². The van der Waals surface area contributed by atoms with Crippen LogP contribution in [0.3, 0.4) is 0 Å². The zero-order valence-corrected chi connectivity index (χ0v) is 13.9. The van der Waals surface area contributed by atoms with Crippen molar-refractivity contribution >= 4 is 17.3 Å². The van der Waals surface area contributed by atoms with Crippen molar-refractivity contribution in [1.29, 1.82) is 0 Å². The van der Waals surface area contributed by atoms with E-state index in [0.717, 1.165) is 31.7 Å². The van der Waals surface area contributed by atoms with Crippen LogP contribution < -0.4 is 10.6 Å². The molecule has 5 nitrogen and oxygen atoms in total. The Hall–Kier alpha value is -1.75. The molecule has 0 saturated carbocycles. The summed E-state index contributed by atoms with van der Waals surface area (Å²) in [6, 6.07) is 5.51. The van der Waals surface area contributed by atoms with Gasteiger partial charge < -0.3 is 20.4 Å². The highest BCUT2D eigenvalue weighted by molar-refractivity contribution is 6.00. The third-order valence-electron chi connectivity index (χ3n) is 3.41. The van der Waals surface area contributed by atoms with Gasteiger partial charge >= 0.3 is 0 Å². The standard InChI is InChI=1S/C16H28N4O/c1-6-20(11-7-10-18(2)3)15-12-13(17)8-9-14(15)16(21)19(4)5/h8-9,12H,6-7,10-11,17H2,1-5H3. The molecule has 0 spiro atoms. The number of carbonyl (C=O) groups excluding carboxylic acids is 1. The Kier molecular flexibility index (Phi) is 6.49. The van der Waals surface area contributed by atoms with Crippen LogP contribution in [0.25, 0.3) is 0 Å². The molecule has 0 aliphatic carbocycles. The average Bonchev–Trinajstić information content (AvgIpc) is 2.42. The molecule has 0 bridgehead atoms. The Labute approximate surface area is 128 Å². The van der Waals surface area contributed by atoms with E-state index in [1.807, 2.05) is 12.1 Å². The highest BCUT2D eigenvalue weighted by Crippen LogP contribution is 2.25. The van der Waals surface area contributed by atoms with Crippen LogP contribution in [0.4, 0.5) is 11.4 Å². The lowest BCUT2D eigenvalue weighted by atomic mass is 10.1. The topological polar surface area (TPSA) is 52.8 Å². The van der Waals surface area contributed by atoms with Crippen molar-refractivity contribution in [3.05, 3.63) is 23.8 Å². The quantitative estimate of drug-likeness (QED) is 0.778. The van der Waals surface area contributed by atoms with Crippen LogP contribution in [0, 0.1) is 0 Å². The SMILES string of the molecule is CCN(CCCN(C)C)c1cc(N)ccc1C(=O)N(C)C. The van der Waals surface area contributed by atoms with E-state index in [0.29, 0.717) is 11.3 Å². The molecule has 0 aliphatic heterocycles. The van der Waals surface area contributed by atoms with Gasteiger partial charge in [-0.1, -0.05) is 0 Å². The smallest absolute Gasteiger partial charge is 0.255 e. The lowest BCUT2D eigenvalue weighted by Crippen LogP contribution is -2.30. The zero-order chi connectivity index (χ0) is 16.0. The van der Waals surface area contributed by atoms with Gasteiger partial charge in [0, 0.05) is 32.9 Å². The first-order valence-corrected chi connectivity index (χ1v) is 7.37. The van der Waals surface area contributed by atoms with Crippen LogP contribution >= 0.6 is 0 Å². The molecule has 1 rings (SSSR count). The molecule has 118 valence electrons. The van der Waals surface area contributed by atoms with Gasteiger partial charge in [-0.05, 0) is 52.2 Å². The molecular weight excluding hydrogens is 264 g/mol. The molecule has 0 heterocycles. The highest BCUT2D eigenvalue weighted by atomic mass is 16.2. The van der Waals surface area contributed by atoms with Gasteiger partial charge in [0.25, 0.3) is 5.91 Å². The normalized spacial score (nSPS) is 10.8. The molecule has 1 amide bonds. The maximum absolute atomic E-state index is 12.3. The van der Waals surface area contributed by atoms with Crippen molar-refractivity contribution in [3.63, 3.8) is 0 Å². The Balaban J connectivity index is 3.01. The maximum atomic E-state index is 12.3. The van der Waals surface area contributed by atoms with Crippen molar-refractivity contribution in [2.24, 2.45) is 0 Å². The molecule has 1 aromatic carbocycles. The summed E-state index contributed by atoms with van der Waals surface area (Å²) in [5.41, 5.74) is 8.23. The number of benzene rings is 1. The first kappa shape index (κ1) is 17.3. The number of hydrogen-bond donors (Lipinski definition) is 1. The first-order chi connectivity index (χ1) is 9.86. The minimum Gasteiger partial charge on any atom is -0.399 e. The summed E-state index contributed by atoms with van der Waals surface area (Å²) in [6.07, 6.45) is 1.05. The van der Waals surface area contributed by atoms with E-state index in [-0.39, 0.29) is 5.91 Å². The number of anilines is 2. The van der Waals surface area contributed by atoms with Crippen LogP contribution in [0.2, 0.25) is 0 Å². The van der Waals surface area contributed by atoms with E-state index < -0.39 is 0 Å². The highest BCUT2D eigenvalue weighted by Gasteiger charge is 2.17. The fourth-order valence-corrected chi connectivity index (χ4v) is 2.26. The molecule has 21 heavy (non-hydrogen) atoms. The predicted molar refractivity (Wildman–Crippen MR) is 89.9 cm³/mol. The number of carbonyl (C=O) groups is 1. The molecule has 0 aliphatic rings. The monoisotopic (exact) mass is 292 g/mol. The molecular formula is C16H28N4O. The summed E-state index contributed by atoms with van der Waals surface area (Å²) in [7, 11) is 7.67. The van der Waals surface area contributed by atoms with Crippen molar-refractivity contribution in [3.8, 4) is 0 Å². The maximum Gasteiger partial charge on any atom is 0.255 e. The first-order valence-electron chi connectivity index (χ1n) is 7.37. The second-order valence-corrected chi connectivity index (χ2v) is 5.71. The molecule has 5 heteroatoms. The largest absolute Gasteiger partial charge is 0.399 e. The Morgan fingerprint density at radius 2 is 1.81 bits per heavy atom. The van der Waals surface area contributed by atoms with E-state index in [1.165, 1.54) is 0 Å². The average molecular weight is 292 g/mol. The van der Waals surface area contributed by atoms with E-state index in [4.69, 9.17) is 5.73 Å². The van der Waals surface area contributed by atoms with Crippen LogP contribution in [0.5, 0.6) is 0 Å². The Morgan fingerprint density at radius 1 is 1.14 bits per heavy atom. The number of nitrogen functional groups attached to an aromatic ring is 1. The number of nitrogens with two attached hydrogens (primary N) is 1. The summed E-state index contributed by atoms with van der Waals surface area (Å²) >= 11 is 0. The van der Waals surface area contributed by atoms with Crippen molar-refractivity contribution in [1.82, 2.24) is 9.80 Å². The third kappa shape index (κ3) is 4.93. The molecule has 0 aromatic heterocycles. The van der Waals surface area contributed by atoms with Gasteiger partial charge in [0.1, 0.15) is 0 Å². The molecule has 2 N–H and O–H groups in total. The summed E-state index contributed by atoms with van der Waals surface area (Å²) in [5.74, 6) is 0.0102. The third-order valence-corrected chi connectivity index (χ3v) is 3.41. The van der Waals surface area contributed by atoms with Crippen molar-refractivity contribution in [2.45, 2.75) is 13.3 Å². The van der Waals surface area contributed by atoms with Crippen LogP contribution in [-0.2, 0) is 0 Å². The van der Waals surface area contributed by atoms with Gasteiger partial charge in [0.05, 0.1) is 11.3 Å². The van der Waals surface area contributed by atoms with Crippen LogP contribution in [0.15, 0.2) is 18.2 Å². The fraction of sp³-hybridized carbons (Fsp3) is 0.562. The number of rotatable bonds is 7. The molecule has 0 atom stereocenters. The second-order valence-electron chi connectivity index (χ2n) is 5.71. The minimum absolute atomic E-state index is 0.0102. The van der Waals surface area contributed by atoms with E-state index in [2.05, 4.69) is 30.8 Å². The molecule has 1 aromatic rings.